The van der Waals surface area contributed by atoms with E-state index in [0.717, 1.165) is 0 Å². The number of aliphatic hydroxyl groups is 3. The van der Waals surface area contributed by atoms with Gasteiger partial charge in [0.25, 0.3) is 0 Å². The molecule has 1 aliphatic rings. The maximum absolute atomic E-state index is 9.40. The molecule has 3 N–H and O–H groups in total. The normalized spacial score (nSPS) is 46.4. The van der Waals surface area contributed by atoms with Gasteiger partial charge in [-0.1, -0.05) is 0 Å². The van der Waals surface area contributed by atoms with E-state index < -0.39 is 30.0 Å². The summed E-state index contributed by atoms with van der Waals surface area (Å²) in [6.45, 7) is -0.387. The Bertz CT molecular complexity index is 147. The van der Waals surface area contributed by atoms with Crippen LogP contribution in [0.25, 0.3) is 0 Å². The minimum absolute atomic E-state index is 0.387. The standard InChI is InChI=1S/C7H13ClO5/c1-12-7-4(8)6(11)5(10)3(2-9)13-7/h3-7,9-11H,2H2,1H3/t3-,4+,5-,6-,7?/m1/s1. The van der Waals surface area contributed by atoms with Crippen molar-refractivity contribution in [3.8, 4) is 0 Å². The Morgan fingerprint density at radius 2 is 2.00 bits per heavy atom. The lowest BCUT2D eigenvalue weighted by Gasteiger charge is -2.38. The molecule has 0 bridgehead atoms. The molecule has 5 nitrogen and oxygen atoms in total. The third-order valence-electron chi connectivity index (χ3n) is 2.04. The summed E-state index contributed by atoms with van der Waals surface area (Å²) in [6, 6.07) is 0. The smallest absolute Gasteiger partial charge is 0.176 e. The molecule has 0 radical (unpaired) electrons. The van der Waals surface area contributed by atoms with Crippen molar-refractivity contribution >= 4 is 11.6 Å². The highest BCUT2D eigenvalue weighted by atomic mass is 35.5. The minimum atomic E-state index is -1.18. The summed E-state index contributed by atoms with van der Waals surface area (Å²) in [4.78, 5) is 0. The Hall–Kier alpha value is 0.0900. The first-order valence-electron chi connectivity index (χ1n) is 3.91. The van der Waals surface area contributed by atoms with Gasteiger partial charge >= 0.3 is 0 Å². The first-order chi connectivity index (χ1) is 6.11. The molecular weight excluding hydrogens is 200 g/mol. The van der Waals surface area contributed by atoms with Crippen molar-refractivity contribution in [3.05, 3.63) is 0 Å². The molecule has 0 aliphatic carbocycles. The van der Waals surface area contributed by atoms with E-state index in [9.17, 15) is 10.2 Å². The van der Waals surface area contributed by atoms with Crippen LogP contribution in [-0.4, -0.2) is 59.0 Å². The molecular formula is C7H13ClO5. The van der Waals surface area contributed by atoms with Crippen molar-refractivity contribution in [2.24, 2.45) is 0 Å². The Morgan fingerprint density at radius 3 is 2.46 bits per heavy atom. The van der Waals surface area contributed by atoms with Crippen molar-refractivity contribution < 1.29 is 24.8 Å². The predicted octanol–water partition coefficient (Wildman–Crippen LogP) is -1.32. The zero-order valence-electron chi connectivity index (χ0n) is 7.13. The van der Waals surface area contributed by atoms with Crippen molar-refractivity contribution in [2.75, 3.05) is 13.7 Å². The fraction of sp³-hybridized carbons (Fsp3) is 1.00. The summed E-state index contributed by atoms with van der Waals surface area (Å²) in [5.41, 5.74) is 0. The molecule has 13 heavy (non-hydrogen) atoms. The average molecular weight is 213 g/mol. The van der Waals surface area contributed by atoms with Crippen LogP contribution in [0.4, 0.5) is 0 Å². The van der Waals surface area contributed by atoms with Gasteiger partial charge in [-0.3, -0.25) is 0 Å². The van der Waals surface area contributed by atoms with Gasteiger partial charge in [-0.2, -0.15) is 0 Å². The number of methoxy groups -OCH3 is 1. The van der Waals surface area contributed by atoms with E-state index in [0.29, 0.717) is 0 Å². The summed E-state index contributed by atoms with van der Waals surface area (Å²) in [5, 5.41) is 26.7. The van der Waals surface area contributed by atoms with E-state index >= 15 is 0 Å². The molecule has 0 aromatic carbocycles. The summed E-state index contributed by atoms with van der Waals surface area (Å²) in [7, 11) is 1.37. The molecule has 6 heteroatoms. The number of alkyl halides is 1. The zero-order valence-corrected chi connectivity index (χ0v) is 7.89. The summed E-state index contributed by atoms with van der Waals surface area (Å²) >= 11 is 5.71. The zero-order chi connectivity index (χ0) is 10.0. The number of aliphatic hydroxyl groups excluding tert-OH is 3. The van der Waals surface area contributed by atoms with Crippen LogP contribution in [0.3, 0.4) is 0 Å². The summed E-state index contributed by atoms with van der Waals surface area (Å²) < 4.78 is 9.88. The second-order valence-electron chi connectivity index (χ2n) is 2.89. The Balaban J connectivity index is 2.66. The molecule has 1 fully saturated rings. The van der Waals surface area contributed by atoms with Crippen LogP contribution in [0.1, 0.15) is 0 Å². The van der Waals surface area contributed by atoms with Gasteiger partial charge in [0.05, 0.1) is 6.61 Å². The van der Waals surface area contributed by atoms with E-state index in [1.54, 1.807) is 0 Å². The van der Waals surface area contributed by atoms with Crippen LogP contribution in [0, 0.1) is 0 Å². The van der Waals surface area contributed by atoms with E-state index in [1.165, 1.54) is 7.11 Å². The number of rotatable bonds is 2. The van der Waals surface area contributed by atoms with Gasteiger partial charge in [0.15, 0.2) is 6.29 Å². The molecule has 1 aliphatic heterocycles. The van der Waals surface area contributed by atoms with E-state index in [4.69, 9.17) is 26.2 Å². The highest BCUT2D eigenvalue weighted by Gasteiger charge is 2.43. The lowest BCUT2D eigenvalue weighted by atomic mass is 10.0. The van der Waals surface area contributed by atoms with Gasteiger partial charge in [0, 0.05) is 7.11 Å². The van der Waals surface area contributed by atoms with Gasteiger partial charge in [-0.25, -0.2) is 0 Å². The van der Waals surface area contributed by atoms with E-state index in [-0.39, 0.29) is 6.61 Å². The van der Waals surface area contributed by atoms with E-state index in [1.807, 2.05) is 0 Å². The Kier molecular flexibility index (Phi) is 3.90. The van der Waals surface area contributed by atoms with Crippen LogP contribution in [0.5, 0.6) is 0 Å². The summed E-state index contributed by atoms with van der Waals surface area (Å²) in [6.07, 6.45) is -4.00. The molecule has 0 aromatic heterocycles. The van der Waals surface area contributed by atoms with Crippen molar-refractivity contribution in [2.45, 2.75) is 30.0 Å². The summed E-state index contributed by atoms with van der Waals surface area (Å²) in [5.74, 6) is 0. The van der Waals surface area contributed by atoms with Gasteiger partial charge in [0.2, 0.25) is 0 Å². The van der Waals surface area contributed by atoms with Crippen molar-refractivity contribution in [3.63, 3.8) is 0 Å². The topological polar surface area (TPSA) is 79.2 Å². The highest BCUT2D eigenvalue weighted by Crippen LogP contribution is 2.25. The van der Waals surface area contributed by atoms with Gasteiger partial charge < -0.3 is 24.8 Å². The third-order valence-corrected chi connectivity index (χ3v) is 2.50. The SMILES string of the molecule is COC1O[C@H](CO)[C@@H](O)[C@H](O)[C@@H]1Cl. The molecule has 0 spiro atoms. The molecule has 78 valence electrons. The van der Waals surface area contributed by atoms with Crippen LogP contribution in [0.15, 0.2) is 0 Å². The van der Waals surface area contributed by atoms with Crippen LogP contribution < -0.4 is 0 Å². The first-order valence-corrected chi connectivity index (χ1v) is 4.34. The monoisotopic (exact) mass is 212 g/mol. The maximum Gasteiger partial charge on any atom is 0.176 e. The third kappa shape index (κ3) is 2.12. The largest absolute Gasteiger partial charge is 0.394 e. The predicted molar refractivity (Wildman–Crippen MR) is 44.4 cm³/mol. The molecule has 0 aromatic rings. The van der Waals surface area contributed by atoms with Gasteiger partial charge in [-0.15, -0.1) is 11.6 Å². The molecule has 5 atom stereocenters. The lowest BCUT2D eigenvalue weighted by molar-refractivity contribution is -0.245. The second-order valence-corrected chi connectivity index (χ2v) is 3.39. The Morgan fingerprint density at radius 1 is 1.38 bits per heavy atom. The molecule has 0 saturated carbocycles. The van der Waals surface area contributed by atoms with Crippen molar-refractivity contribution in [1.82, 2.24) is 0 Å². The molecule has 1 unspecified atom stereocenters. The van der Waals surface area contributed by atoms with Gasteiger partial charge in [0.1, 0.15) is 23.7 Å². The molecule has 1 heterocycles. The highest BCUT2D eigenvalue weighted by molar-refractivity contribution is 6.21. The van der Waals surface area contributed by atoms with Crippen LogP contribution >= 0.6 is 11.6 Å². The fourth-order valence-corrected chi connectivity index (χ4v) is 1.55. The number of hydrogen-bond donors (Lipinski definition) is 3. The fourth-order valence-electron chi connectivity index (χ4n) is 1.23. The quantitative estimate of drug-likeness (QED) is 0.495. The van der Waals surface area contributed by atoms with E-state index in [2.05, 4.69) is 0 Å². The number of halogens is 1. The van der Waals surface area contributed by atoms with Crippen LogP contribution in [-0.2, 0) is 9.47 Å². The first kappa shape index (κ1) is 11.2. The number of ether oxygens (including phenoxy) is 2. The molecule has 0 amide bonds. The second kappa shape index (κ2) is 4.54. The lowest BCUT2D eigenvalue weighted by Crippen LogP contribution is -2.57. The van der Waals surface area contributed by atoms with Crippen molar-refractivity contribution in [1.29, 1.82) is 0 Å². The maximum atomic E-state index is 9.40. The molecule has 1 rings (SSSR count). The minimum Gasteiger partial charge on any atom is -0.394 e. The van der Waals surface area contributed by atoms with Gasteiger partial charge in [-0.05, 0) is 0 Å². The Labute approximate surface area is 80.8 Å². The molecule has 1 saturated heterocycles. The number of hydrogen-bond acceptors (Lipinski definition) is 5. The average Bonchev–Trinajstić information content (AvgIpc) is 2.15. The van der Waals surface area contributed by atoms with Crippen LogP contribution in [0.2, 0.25) is 0 Å².